The molecule has 31 heavy (non-hydrogen) atoms. The van der Waals surface area contributed by atoms with Crippen LogP contribution in [0, 0.1) is 12.8 Å². The third-order valence-corrected chi connectivity index (χ3v) is 6.32. The van der Waals surface area contributed by atoms with E-state index in [1.54, 1.807) is 7.11 Å². The van der Waals surface area contributed by atoms with Crippen LogP contribution in [-0.2, 0) is 16.0 Å². The second-order valence-corrected chi connectivity index (χ2v) is 8.78. The number of hydrogen-bond acceptors (Lipinski definition) is 6. The molecule has 0 unspecified atom stereocenters. The monoisotopic (exact) mass is 431 g/mol. The normalized spacial score (nSPS) is 19.4. The summed E-state index contributed by atoms with van der Waals surface area (Å²) in [7, 11) is 1.61. The molecule has 0 spiro atoms. The quantitative estimate of drug-likeness (QED) is 0.658. The number of carbonyl (C=O) groups is 2. The molecule has 2 N–H and O–H groups in total. The van der Waals surface area contributed by atoms with Gasteiger partial charge in [-0.15, -0.1) is 0 Å². The molecule has 1 saturated heterocycles. The first-order chi connectivity index (χ1) is 15.0. The molecule has 1 aromatic carbocycles. The van der Waals surface area contributed by atoms with Crippen LogP contribution in [0.15, 0.2) is 6.07 Å². The fourth-order valence-corrected chi connectivity index (χ4v) is 4.28. The fraction of sp³-hybridized carbons (Fsp3) is 0.652. The highest BCUT2D eigenvalue weighted by atomic mass is 16.5. The molecule has 1 aliphatic carbocycles. The lowest BCUT2D eigenvalue weighted by molar-refractivity contribution is -0.116. The first-order valence-corrected chi connectivity index (χ1v) is 11.3. The van der Waals surface area contributed by atoms with Crippen molar-refractivity contribution < 1.29 is 23.8 Å². The van der Waals surface area contributed by atoms with Gasteiger partial charge in [-0.3, -0.25) is 9.69 Å². The number of piperidine rings is 1. The molecule has 2 heterocycles. The van der Waals surface area contributed by atoms with E-state index in [-0.39, 0.29) is 18.0 Å². The number of aryl methyl sites for hydroxylation is 1. The van der Waals surface area contributed by atoms with Crippen LogP contribution in [0.3, 0.4) is 0 Å². The molecule has 0 aromatic heterocycles. The first-order valence-electron chi connectivity index (χ1n) is 11.3. The van der Waals surface area contributed by atoms with E-state index in [1.807, 2.05) is 13.0 Å². The van der Waals surface area contributed by atoms with Crippen molar-refractivity contribution in [2.75, 3.05) is 45.3 Å². The molecule has 2 aliphatic heterocycles. The third kappa shape index (κ3) is 5.61. The predicted octanol–water partition coefficient (Wildman–Crippen LogP) is 2.87. The average molecular weight is 432 g/mol. The van der Waals surface area contributed by atoms with Crippen molar-refractivity contribution in [2.24, 2.45) is 5.92 Å². The van der Waals surface area contributed by atoms with E-state index in [4.69, 9.17) is 14.2 Å². The molecule has 0 bridgehead atoms. The Morgan fingerprint density at radius 1 is 1.23 bits per heavy atom. The average Bonchev–Trinajstić information content (AvgIpc) is 3.59. The van der Waals surface area contributed by atoms with Crippen LogP contribution in [-0.4, -0.2) is 62.9 Å². The van der Waals surface area contributed by atoms with Gasteiger partial charge in [-0.2, -0.15) is 0 Å². The van der Waals surface area contributed by atoms with Crippen molar-refractivity contribution in [2.45, 2.75) is 51.5 Å². The summed E-state index contributed by atoms with van der Waals surface area (Å²) in [5, 5.41) is 5.92. The van der Waals surface area contributed by atoms with E-state index < -0.39 is 0 Å². The second-order valence-electron chi connectivity index (χ2n) is 8.78. The van der Waals surface area contributed by atoms with Crippen molar-refractivity contribution in [1.29, 1.82) is 0 Å². The van der Waals surface area contributed by atoms with Gasteiger partial charge in [-0.25, -0.2) is 4.79 Å². The Morgan fingerprint density at radius 2 is 2.00 bits per heavy atom. The van der Waals surface area contributed by atoms with Crippen molar-refractivity contribution >= 4 is 17.7 Å². The highest BCUT2D eigenvalue weighted by molar-refractivity contribution is 5.96. The molecule has 2 amide bonds. The molecule has 1 aromatic rings. The molecule has 1 saturated carbocycles. The number of likely N-dealkylation sites (tertiary alicyclic amines) is 1. The molecule has 4 rings (SSSR count). The number of methoxy groups -OCH3 is 1. The summed E-state index contributed by atoms with van der Waals surface area (Å²) in [4.78, 5) is 26.1. The summed E-state index contributed by atoms with van der Waals surface area (Å²) in [5.41, 5.74) is 2.77. The minimum absolute atomic E-state index is 0.00787. The lowest BCUT2D eigenvalue weighted by atomic mass is 9.98. The Kier molecular flexibility index (Phi) is 6.85. The summed E-state index contributed by atoms with van der Waals surface area (Å²) in [6.45, 7) is 5.81. The van der Waals surface area contributed by atoms with Crippen LogP contribution in [0.2, 0.25) is 0 Å². The van der Waals surface area contributed by atoms with Crippen LogP contribution >= 0.6 is 0 Å². The predicted molar refractivity (Wildman–Crippen MR) is 117 cm³/mol. The smallest absolute Gasteiger partial charge is 0.407 e. The highest BCUT2D eigenvalue weighted by Crippen LogP contribution is 2.41. The molecule has 3 aliphatic rings. The van der Waals surface area contributed by atoms with E-state index in [9.17, 15) is 9.59 Å². The molecule has 8 nitrogen and oxygen atoms in total. The van der Waals surface area contributed by atoms with E-state index in [1.165, 1.54) is 12.8 Å². The minimum Gasteiger partial charge on any atom is -0.495 e. The van der Waals surface area contributed by atoms with Gasteiger partial charge >= 0.3 is 6.09 Å². The Morgan fingerprint density at radius 3 is 2.71 bits per heavy atom. The maximum atomic E-state index is 11.9. The summed E-state index contributed by atoms with van der Waals surface area (Å²) in [6.07, 6.45) is 5.04. The lowest BCUT2D eigenvalue weighted by Gasteiger charge is -2.32. The number of amides is 2. The molecule has 0 atom stereocenters. The minimum atomic E-state index is -0.277. The molecule has 0 radical (unpaired) electrons. The SMILES string of the molecule is COc1cc(C)c(OCCN2CCC(NC(=O)OCC3CC3)CC2)c2c1NC(=O)CC2. The number of rotatable bonds is 8. The summed E-state index contributed by atoms with van der Waals surface area (Å²) in [6, 6.07) is 2.10. The number of alkyl carbamates (subject to hydrolysis) is 1. The van der Waals surface area contributed by atoms with E-state index in [0.717, 1.165) is 55.0 Å². The van der Waals surface area contributed by atoms with Gasteiger partial charge in [0, 0.05) is 37.7 Å². The zero-order chi connectivity index (χ0) is 21.8. The zero-order valence-corrected chi connectivity index (χ0v) is 18.5. The van der Waals surface area contributed by atoms with Crippen LogP contribution in [0.5, 0.6) is 11.5 Å². The van der Waals surface area contributed by atoms with Gasteiger partial charge in [0.05, 0.1) is 19.4 Å². The summed E-state index contributed by atoms with van der Waals surface area (Å²) in [5.74, 6) is 2.13. The van der Waals surface area contributed by atoms with Crippen molar-refractivity contribution in [1.82, 2.24) is 10.2 Å². The largest absolute Gasteiger partial charge is 0.495 e. The van der Waals surface area contributed by atoms with Gasteiger partial charge in [0.25, 0.3) is 0 Å². The summed E-state index contributed by atoms with van der Waals surface area (Å²) < 4.78 is 16.9. The van der Waals surface area contributed by atoms with Gasteiger partial charge in [-0.05, 0) is 56.6 Å². The van der Waals surface area contributed by atoms with Crippen LogP contribution in [0.4, 0.5) is 10.5 Å². The number of ether oxygens (including phenoxy) is 3. The Hall–Kier alpha value is -2.48. The fourth-order valence-electron chi connectivity index (χ4n) is 4.28. The molecule has 170 valence electrons. The maximum Gasteiger partial charge on any atom is 0.407 e. The summed E-state index contributed by atoms with van der Waals surface area (Å²) >= 11 is 0. The Labute approximate surface area is 183 Å². The third-order valence-electron chi connectivity index (χ3n) is 6.32. The van der Waals surface area contributed by atoms with Gasteiger partial charge in [0.15, 0.2) is 0 Å². The van der Waals surface area contributed by atoms with Crippen molar-refractivity contribution in [3.63, 3.8) is 0 Å². The maximum absolute atomic E-state index is 11.9. The first kappa shape index (κ1) is 21.7. The van der Waals surface area contributed by atoms with E-state index >= 15 is 0 Å². The molecular weight excluding hydrogens is 398 g/mol. The van der Waals surface area contributed by atoms with Gasteiger partial charge < -0.3 is 24.8 Å². The highest BCUT2D eigenvalue weighted by Gasteiger charge is 2.26. The number of carbonyl (C=O) groups excluding carboxylic acids is 2. The van der Waals surface area contributed by atoms with Gasteiger partial charge in [0.1, 0.15) is 18.1 Å². The Bertz CT molecular complexity index is 816. The Balaban J connectivity index is 1.23. The van der Waals surface area contributed by atoms with Crippen molar-refractivity contribution in [3.05, 3.63) is 17.2 Å². The van der Waals surface area contributed by atoms with Gasteiger partial charge in [0.2, 0.25) is 5.91 Å². The zero-order valence-electron chi connectivity index (χ0n) is 18.5. The number of anilines is 1. The standard InChI is InChI=1S/C23H33N3O5/c1-15-13-19(29-2)21-18(5-6-20(27)25-21)22(15)30-12-11-26-9-7-17(8-10-26)24-23(28)31-14-16-3-4-16/h13,16-17H,3-12,14H2,1-2H3,(H,24,28)(H,25,27). The molecular formula is C23H33N3O5. The molecule has 2 fully saturated rings. The number of fused-ring (bicyclic) bond motifs is 1. The van der Waals surface area contributed by atoms with Crippen LogP contribution < -0.4 is 20.1 Å². The number of hydrogen-bond donors (Lipinski definition) is 2. The van der Waals surface area contributed by atoms with E-state index in [0.29, 0.717) is 37.7 Å². The second kappa shape index (κ2) is 9.77. The van der Waals surface area contributed by atoms with Crippen LogP contribution in [0.25, 0.3) is 0 Å². The van der Waals surface area contributed by atoms with Crippen molar-refractivity contribution in [3.8, 4) is 11.5 Å². The van der Waals surface area contributed by atoms with E-state index in [2.05, 4.69) is 15.5 Å². The number of nitrogens with one attached hydrogen (secondary N) is 2. The topological polar surface area (TPSA) is 89.1 Å². The number of benzene rings is 1. The lowest BCUT2D eigenvalue weighted by Crippen LogP contribution is -2.45. The number of nitrogens with zero attached hydrogens (tertiary/aromatic N) is 1. The molecule has 8 heteroatoms. The van der Waals surface area contributed by atoms with Crippen LogP contribution in [0.1, 0.15) is 43.2 Å². The van der Waals surface area contributed by atoms with Gasteiger partial charge in [-0.1, -0.05) is 0 Å².